The Morgan fingerprint density at radius 2 is 1.76 bits per heavy atom. The number of fused-ring (bicyclic) bond motifs is 1. The molecule has 2 aromatic carbocycles. The monoisotopic (exact) mass is 499 g/mol. The van der Waals surface area contributed by atoms with Gasteiger partial charge in [-0.3, -0.25) is 14.2 Å². The van der Waals surface area contributed by atoms with Gasteiger partial charge in [0.15, 0.2) is 11.5 Å². The first kappa shape index (κ1) is 23.6. The highest BCUT2D eigenvalue weighted by Gasteiger charge is 2.21. The van der Waals surface area contributed by atoms with E-state index in [1.165, 1.54) is 29.3 Å². The number of nitrogens with one attached hydrogen (secondary N) is 1. The molecule has 4 aromatic rings. The average molecular weight is 500 g/mol. The van der Waals surface area contributed by atoms with Crippen molar-refractivity contribution < 1.29 is 19.0 Å². The Bertz CT molecular complexity index is 1430. The lowest BCUT2D eigenvalue weighted by Crippen LogP contribution is -2.31. The van der Waals surface area contributed by atoms with Gasteiger partial charge in [-0.2, -0.15) is 0 Å². The van der Waals surface area contributed by atoms with Crippen molar-refractivity contribution >= 4 is 44.7 Å². The van der Waals surface area contributed by atoms with Crippen molar-refractivity contribution in [2.24, 2.45) is 0 Å². The Kier molecular flexibility index (Phi) is 6.76. The van der Waals surface area contributed by atoms with Crippen LogP contribution in [0.2, 0.25) is 5.02 Å². The summed E-state index contributed by atoms with van der Waals surface area (Å²) < 4.78 is 17.2. The van der Waals surface area contributed by atoms with Crippen molar-refractivity contribution in [2.75, 3.05) is 26.6 Å². The zero-order valence-electron chi connectivity index (χ0n) is 18.9. The van der Waals surface area contributed by atoms with Crippen molar-refractivity contribution in [3.63, 3.8) is 0 Å². The van der Waals surface area contributed by atoms with Gasteiger partial charge in [0.2, 0.25) is 5.91 Å². The van der Waals surface area contributed by atoms with Gasteiger partial charge in [-0.1, -0.05) is 17.7 Å². The molecular weight excluding hydrogens is 478 g/mol. The molecule has 2 aromatic heterocycles. The quantitative estimate of drug-likeness (QED) is 0.384. The fourth-order valence-corrected chi connectivity index (χ4v) is 4.72. The minimum Gasteiger partial charge on any atom is -0.495 e. The first-order valence-electron chi connectivity index (χ1n) is 10.2. The number of carbonyl (C=O) groups excluding carboxylic acids is 1. The van der Waals surface area contributed by atoms with Crippen molar-refractivity contribution in [3.05, 3.63) is 63.5 Å². The largest absolute Gasteiger partial charge is 0.495 e. The number of halogens is 1. The number of ether oxygens (including phenoxy) is 3. The summed E-state index contributed by atoms with van der Waals surface area (Å²) in [7, 11) is 4.63. The van der Waals surface area contributed by atoms with Crippen LogP contribution in [0.25, 0.3) is 21.3 Å². The number of nitrogens with zero attached hydrogens (tertiary/aromatic N) is 2. The molecule has 1 atom stereocenters. The Labute approximate surface area is 204 Å². The number of hydrogen-bond donors (Lipinski definition) is 1. The SMILES string of the molecule is COc1ccc(NC(=O)C(C)n2cnc3scc(-c4ccc(OC)c(OC)c4)c3c2=O)cc1Cl. The summed E-state index contributed by atoms with van der Waals surface area (Å²) in [6, 6.07) is 9.54. The van der Waals surface area contributed by atoms with E-state index in [-0.39, 0.29) is 11.5 Å². The molecule has 2 heterocycles. The van der Waals surface area contributed by atoms with E-state index >= 15 is 0 Å². The van der Waals surface area contributed by atoms with Crippen molar-refractivity contribution in [1.29, 1.82) is 0 Å². The van der Waals surface area contributed by atoms with Crippen LogP contribution in [-0.4, -0.2) is 36.8 Å². The van der Waals surface area contributed by atoms with Gasteiger partial charge in [0, 0.05) is 16.6 Å². The normalized spacial score (nSPS) is 11.8. The summed E-state index contributed by atoms with van der Waals surface area (Å²) in [5.74, 6) is 1.26. The minimum atomic E-state index is -0.816. The van der Waals surface area contributed by atoms with E-state index in [9.17, 15) is 9.59 Å². The smallest absolute Gasteiger partial charge is 0.263 e. The zero-order chi connectivity index (χ0) is 24.4. The van der Waals surface area contributed by atoms with Crippen LogP contribution in [0.5, 0.6) is 17.2 Å². The lowest BCUT2D eigenvalue weighted by molar-refractivity contribution is -0.118. The molecule has 34 heavy (non-hydrogen) atoms. The van der Waals surface area contributed by atoms with Gasteiger partial charge < -0.3 is 19.5 Å². The molecule has 4 rings (SSSR count). The fourth-order valence-electron chi connectivity index (χ4n) is 3.55. The molecule has 8 nitrogen and oxygen atoms in total. The summed E-state index contributed by atoms with van der Waals surface area (Å²) in [4.78, 5) is 31.4. The highest BCUT2D eigenvalue weighted by Crippen LogP contribution is 2.36. The number of thiophene rings is 1. The first-order chi connectivity index (χ1) is 16.4. The van der Waals surface area contributed by atoms with Gasteiger partial charge in [0.1, 0.15) is 16.6 Å². The van der Waals surface area contributed by atoms with Crippen molar-refractivity contribution in [1.82, 2.24) is 9.55 Å². The van der Waals surface area contributed by atoms with E-state index in [0.717, 1.165) is 5.56 Å². The second-order valence-corrected chi connectivity index (χ2v) is 8.64. The van der Waals surface area contributed by atoms with E-state index in [2.05, 4.69) is 10.3 Å². The Morgan fingerprint density at radius 1 is 1.06 bits per heavy atom. The number of amides is 1. The zero-order valence-corrected chi connectivity index (χ0v) is 20.5. The highest BCUT2D eigenvalue weighted by atomic mass is 35.5. The third-order valence-electron chi connectivity index (χ3n) is 5.43. The molecule has 0 saturated heterocycles. The number of carbonyl (C=O) groups is 1. The molecule has 10 heteroatoms. The fraction of sp³-hybridized carbons (Fsp3) is 0.208. The molecular formula is C24H22ClN3O5S. The summed E-state index contributed by atoms with van der Waals surface area (Å²) in [5, 5.41) is 5.45. The van der Waals surface area contributed by atoms with Crippen molar-refractivity contribution in [3.8, 4) is 28.4 Å². The molecule has 0 bridgehead atoms. The molecule has 0 fully saturated rings. The van der Waals surface area contributed by atoms with Crippen LogP contribution >= 0.6 is 22.9 Å². The van der Waals surface area contributed by atoms with Gasteiger partial charge in [-0.25, -0.2) is 4.98 Å². The first-order valence-corrected chi connectivity index (χ1v) is 11.5. The van der Waals surface area contributed by atoms with Crippen molar-refractivity contribution in [2.45, 2.75) is 13.0 Å². The summed E-state index contributed by atoms with van der Waals surface area (Å²) in [6.45, 7) is 1.64. The second-order valence-electron chi connectivity index (χ2n) is 7.37. The lowest BCUT2D eigenvalue weighted by atomic mass is 10.1. The van der Waals surface area contributed by atoms with Gasteiger partial charge >= 0.3 is 0 Å². The third-order valence-corrected chi connectivity index (χ3v) is 6.61. The van der Waals surface area contributed by atoms with Gasteiger partial charge in [-0.15, -0.1) is 11.3 Å². The molecule has 176 valence electrons. The minimum absolute atomic E-state index is 0.313. The molecule has 1 N–H and O–H groups in total. The predicted octanol–water partition coefficient (Wildman–Crippen LogP) is 5.00. The Balaban J connectivity index is 1.69. The van der Waals surface area contributed by atoms with E-state index in [0.29, 0.717) is 43.7 Å². The Hall–Kier alpha value is -3.56. The number of hydrogen-bond acceptors (Lipinski definition) is 7. The molecule has 0 radical (unpaired) electrons. The number of methoxy groups -OCH3 is 3. The van der Waals surface area contributed by atoms with Crippen LogP contribution in [0.3, 0.4) is 0 Å². The maximum Gasteiger partial charge on any atom is 0.263 e. The molecule has 0 aliphatic carbocycles. The summed E-state index contributed by atoms with van der Waals surface area (Å²) >= 11 is 7.51. The van der Waals surface area contributed by atoms with Crippen LogP contribution in [0.1, 0.15) is 13.0 Å². The van der Waals surface area contributed by atoms with Crippen LogP contribution in [0.15, 0.2) is 52.9 Å². The van der Waals surface area contributed by atoms with Gasteiger partial charge in [0.25, 0.3) is 5.56 Å². The number of benzene rings is 2. The third kappa shape index (κ3) is 4.32. The van der Waals surface area contributed by atoms with E-state index in [1.807, 2.05) is 11.4 Å². The van der Waals surface area contributed by atoms with Crippen LogP contribution in [0, 0.1) is 0 Å². The number of anilines is 1. The maximum absolute atomic E-state index is 13.5. The number of rotatable bonds is 7. The van der Waals surface area contributed by atoms with Crippen LogP contribution in [-0.2, 0) is 4.79 Å². The average Bonchev–Trinajstić information content (AvgIpc) is 3.28. The molecule has 1 unspecified atom stereocenters. The maximum atomic E-state index is 13.5. The van der Waals surface area contributed by atoms with Gasteiger partial charge in [-0.05, 0) is 42.8 Å². The van der Waals surface area contributed by atoms with E-state index in [1.54, 1.807) is 51.5 Å². The van der Waals surface area contributed by atoms with Crippen LogP contribution in [0.4, 0.5) is 5.69 Å². The molecule has 1 amide bonds. The van der Waals surface area contributed by atoms with E-state index in [4.69, 9.17) is 25.8 Å². The molecule has 0 saturated carbocycles. The second kappa shape index (κ2) is 9.74. The van der Waals surface area contributed by atoms with Crippen LogP contribution < -0.4 is 25.1 Å². The topological polar surface area (TPSA) is 91.7 Å². The predicted molar refractivity (Wildman–Crippen MR) is 134 cm³/mol. The Morgan fingerprint density at radius 3 is 2.44 bits per heavy atom. The summed E-state index contributed by atoms with van der Waals surface area (Å²) in [6.07, 6.45) is 1.39. The lowest BCUT2D eigenvalue weighted by Gasteiger charge is -2.16. The van der Waals surface area contributed by atoms with Gasteiger partial charge in [0.05, 0.1) is 38.1 Å². The standard InChI is InChI=1S/C24H22ClN3O5S/c1-13(22(29)27-15-6-8-18(31-2)17(25)10-15)28-12-26-23-21(24(28)30)16(11-34-23)14-5-7-19(32-3)20(9-14)33-4/h5-13H,1-4H3,(H,27,29). The molecule has 0 spiro atoms. The highest BCUT2D eigenvalue weighted by molar-refractivity contribution is 7.17. The van der Waals surface area contributed by atoms with E-state index < -0.39 is 6.04 Å². The molecule has 0 aliphatic heterocycles. The molecule has 0 aliphatic rings. The number of aromatic nitrogens is 2. The summed E-state index contributed by atoms with van der Waals surface area (Å²) in [5.41, 5.74) is 1.67.